The average molecular weight is 266 g/mol. The highest BCUT2D eigenvalue weighted by Gasteiger charge is 2.18. The van der Waals surface area contributed by atoms with Gasteiger partial charge >= 0.3 is 11.9 Å². The molecule has 5 nitrogen and oxygen atoms in total. The van der Waals surface area contributed by atoms with Gasteiger partial charge < -0.3 is 10.2 Å². The average Bonchev–Trinajstić information content (AvgIpc) is 2.29. The first-order chi connectivity index (χ1) is 6.00. The van der Waals surface area contributed by atoms with Gasteiger partial charge in [0.25, 0.3) is 0 Å². The van der Waals surface area contributed by atoms with E-state index in [2.05, 4.69) is 20.9 Å². The van der Waals surface area contributed by atoms with Crippen LogP contribution >= 0.6 is 27.3 Å². The highest BCUT2D eigenvalue weighted by molar-refractivity contribution is 9.11. The van der Waals surface area contributed by atoms with Crippen LogP contribution in [0.15, 0.2) is 3.92 Å². The number of rotatable bonds is 3. The van der Waals surface area contributed by atoms with E-state index < -0.39 is 11.9 Å². The maximum absolute atomic E-state index is 10.6. The number of halogens is 1. The first-order valence-electron chi connectivity index (χ1n) is 3.11. The van der Waals surface area contributed by atoms with Crippen molar-refractivity contribution < 1.29 is 19.8 Å². The van der Waals surface area contributed by atoms with E-state index >= 15 is 0 Å². The van der Waals surface area contributed by atoms with Crippen molar-refractivity contribution in [3.05, 3.63) is 14.5 Å². The third kappa shape index (κ3) is 2.49. The number of carboxylic acid groups (broad SMARTS) is 2. The largest absolute Gasteiger partial charge is 0.481 e. The monoisotopic (exact) mass is 265 g/mol. The van der Waals surface area contributed by atoms with Crippen LogP contribution in [0, 0.1) is 0 Å². The summed E-state index contributed by atoms with van der Waals surface area (Å²) < 4.78 is 0.376. The molecular formula is C6H4BrNO4S. The lowest BCUT2D eigenvalue weighted by molar-refractivity contribution is -0.136. The van der Waals surface area contributed by atoms with Gasteiger partial charge in [0, 0.05) is 0 Å². The summed E-state index contributed by atoms with van der Waals surface area (Å²) >= 11 is 3.90. The molecule has 0 saturated heterocycles. The van der Waals surface area contributed by atoms with E-state index in [1.807, 2.05) is 0 Å². The Balaban J connectivity index is 3.04. The predicted octanol–water partition coefficient (Wildman–Crippen LogP) is 1.23. The highest BCUT2D eigenvalue weighted by atomic mass is 79.9. The van der Waals surface area contributed by atoms with E-state index in [9.17, 15) is 9.59 Å². The second kappa shape index (κ2) is 3.84. The SMILES string of the molecule is O=C(O)Cc1nc(Br)sc1C(=O)O. The molecule has 0 atom stereocenters. The molecule has 70 valence electrons. The third-order valence-corrected chi connectivity index (χ3v) is 2.72. The molecule has 0 radical (unpaired) electrons. The van der Waals surface area contributed by atoms with Gasteiger partial charge in [-0.05, 0) is 15.9 Å². The molecule has 0 aliphatic rings. The summed E-state index contributed by atoms with van der Waals surface area (Å²) in [7, 11) is 0. The van der Waals surface area contributed by atoms with Gasteiger partial charge in [0.05, 0.1) is 12.1 Å². The van der Waals surface area contributed by atoms with E-state index in [1.54, 1.807) is 0 Å². The van der Waals surface area contributed by atoms with E-state index in [4.69, 9.17) is 10.2 Å². The summed E-state index contributed by atoms with van der Waals surface area (Å²) in [5, 5.41) is 17.1. The van der Waals surface area contributed by atoms with Gasteiger partial charge in [-0.15, -0.1) is 0 Å². The Bertz CT molecular complexity index is 362. The Hall–Kier alpha value is -0.950. The zero-order valence-electron chi connectivity index (χ0n) is 6.15. The lowest BCUT2D eigenvalue weighted by Crippen LogP contribution is -2.05. The molecule has 0 aliphatic heterocycles. The molecule has 0 amide bonds. The predicted molar refractivity (Wildman–Crippen MR) is 48.1 cm³/mol. The topological polar surface area (TPSA) is 87.5 Å². The minimum Gasteiger partial charge on any atom is -0.481 e. The summed E-state index contributed by atoms with van der Waals surface area (Å²) in [5.41, 5.74) is 0.0804. The summed E-state index contributed by atoms with van der Waals surface area (Å²) in [4.78, 5) is 24.6. The number of hydrogen-bond acceptors (Lipinski definition) is 4. The standard InChI is InChI=1S/C6H4BrNO4S/c7-6-8-2(1-3(9)10)4(13-6)5(11)12/h1H2,(H,9,10)(H,11,12). The Morgan fingerprint density at radius 1 is 1.46 bits per heavy atom. The molecule has 0 bridgehead atoms. The van der Waals surface area contributed by atoms with Crippen LogP contribution in [0.3, 0.4) is 0 Å². The summed E-state index contributed by atoms with van der Waals surface area (Å²) in [6, 6.07) is 0. The van der Waals surface area contributed by atoms with Crippen LogP contribution in [-0.4, -0.2) is 27.1 Å². The lowest BCUT2D eigenvalue weighted by Gasteiger charge is -1.91. The molecule has 0 saturated carbocycles. The second-order valence-electron chi connectivity index (χ2n) is 2.12. The summed E-state index contributed by atoms with van der Waals surface area (Å²) in [6.07, 6.45) is -0.371. The van der Waals surface area contributed by atoms with Crippen LogP contribution in [0.1, 0.15) is 15.4 Å². The van der Waals surface area contributed by atoms with Gasteiger partial charge in [0.1, 0.15) is 4.88 Å². The molecule has 13 heavy (non-hydrogen) atoms. The van der Waals surface area contributed by atoms with Crippen molar-refractivity contribution in [2.45, 2.75) is 6.42 Å². The summed E-state index contributed by atoms with van der Waals surface area (Å²) in [5.74, 6) is -2.25. The van der Waals surface area contributed by atoms with Crippen LogP contribution < -0.4 is 0 Å². The van der Waals surface area contributed by atoms with Crippen molar-refractivity contribution in [3.63, 3.8) is 0 Å². The Labute approximate surface area is 85.2 Å². The van der Waals surface area contributed by atoms with Gasteiger partial charge in [0.15, 0.2) is 3.92 Å². The molecule has 1 heterocycles. The molecule has 0 aromatic carbocycles. The fourth-order valence-electron chi connectivity index (χ4n) is 0.753. The number of thiazole rings is 1. The first-order valence-corrected chi connectivity index (χ1v) is 4.72. The van der Waals surface area contributed by atoms with Gasteiger partial charge in [-0.2, -0.15) is 0 Å². The molecule has 1 rings (SSSR count). The molecule has 0 unspecified atom stereocenters. The third-order valence-electron chi connectivity index (χ3n) is 1.18. The molecule has 1 aromatic rings. The number of nitrogens with zero attached hydrogens (tertiary/aromatic N) is 1. The number of carboxylic acids is 2. The highest BCUT2D eigenvalue weighted by Crippen LogP contribution is 2.23. The van der Waals surface area contributed by atoms with Gasteiger partial charge in [-0.25, -0.2) is 9.78 Å². The maximum atomic E-state index is 10.6. The molecular weight excluding hydrogens is 262 g/mol. The first kappa shape index (κ1) is 10.1. The molecule has 1 aromatic heterocycles. The van der Waals surface area contributed by atoms with Crippen molar-refractivity contribution in [2.24, 2.45) is 0 Å². The van der Waals surface area contributed by atoms with Gasteiger partial charge in [-0.3, -0.25) is 4.79 Å². The smallest absolute Gasteiger partial charge is 0.347 e. The second-order valence-corrected chi connectivity index (χ2v) is 4.39. The van der Waals surface area contributed by atoms with Gasteiger partial charge in [0.2, 0.25) is 0 Å². The quantitative estimate of drug-likeness (QED) is 0.859. The molecule has 0 aliphatic carbocycles. The molecule has 7 heteroatoms. The van der Waals surface area contributed by atoms with E-state index in [-0.39, 0.29) is 17.0 Å². The minimum atomic E-state index is -1.15. The number of carbonyl (C=O) groups is 2. The number of aliphatic carboxylic acids is 1. The fraction of sp³-hybridized carbons (Fsp3) is 0.167. The van der Waals surface area contributed by atoms with Crippen molar-refractivity contribution in [1.82, 2.24) is 4.98 Å². The van der Waals surface area contributed by atoms with Crippen LogP contribution in [0.4, 0.5) is 0 Å². The number of aromatic carboxylic acids is 1. The minimum absolute atomic E-state index is 0.0331. The van der Waals surface area contributed by atoms with E-state index in [1.165, 1.54) is 0 Å². The number of aromatic nitrogens is 1. The Morgan fingerprint density at radius 3 is 2.54 bits per heavy atom. The van der Waals surface area contributed by atoms with Crippen molar-refractivity contribution in [3.8, 4) is 0 Å². The van der Waals surface area contributed by atoms with Gasteiger partial charge in [-0.1, -0.05) is 11.3 Å². The van der Waals surface area contributed by atoms with Crippen LogP contribution in [0.25, 0.3) is 0 Å². The Morgan fingerprint density at radius 2 is 2.08 bits per heavy atom. The normalized spacial score (nSPS) is 9.92. The van der Waals surface area contributed by atoms with Crippen LogP contribution in [0.5, 0.6) is 0 Å². The molecule has 0 fully saturated rings. The number of hydrogen-bond donors (Lipinski definition) is 2. The molecule has 0 spiro atoms. The fourth-order valence-corrected chi connectivity index (χ4v) is 2.10. The van der Waals surface area contributed by atoms with Crippen molar-refractivity contribution in [2.75, 3.05) is 0 Å². The zero-order valence-corrected chi connectivity index (χ0v) is 8.55. The van der Waals surface area contributed by atoms with Crippen molar-refractivity contribution >= 4 is 39.2 Å². The Kier molecular flexibility index (Phi) is 2.99. The zero-order chi connectivity index (χ0) is 10.0. The lowest BCUT2D eigenvalue weighted by atomic mass is 10.3. The van der Waals surface area contributed by atoms with E-state index in [0.717, 1.165) is 11.3 Å². The maximum Gasteiger partial charge on any atom is 0.347 e. The summed E-state index contributed by atoms with van der Waals surface area (Å²) in [6.45, 7) is 0. The van der Waals surface area contributed by atoms with Crippen LogP contribution in [-0.2, 0) is 11.2 Å². The van der Waals surface area contributed by atoms with E-state index in [0.29, 0.717) is 3.92 Å². The van der Waals surface area contributed by atoms with Crippen LogP contribution in [0.2, 0.25) is 0 Å². The molecule has 2 N–H and O–H groups in total. The van der Waals surface area contributed by atoms with Crippen molar-refractivity contribution in [1.29, 1.82) is 0 Å².